The van der Waals surface area contributed by atoms with Crippen LogP contribution in [0, 0.1) is 23.2 Å². The van der Waals surface area contributed by atoms with E-state index in [4.69, 9.17) is 5.26 Å². The van der Waals surface area contributed by atoms with Gasteiger partial charge in [0.15, 0.2) is 0 Å². The van der Waals surface area contributed by atoms with Crippen molar-refractivity contribution in [3.63, 3.8) is 0 Å². The second-order valence-corrected chi connectivity index (χ2v) is 6.46. The Bertz CT molecular complexity index is 497. The molecule has 0 aliphatic rings. The molecule has 0 heterocycles. The van der Waals surface area contributed by atoms with Gasteiger partial charge in [0.1, 0.15) is 0 Å². The van der Waals surface area contributed by atoms with Crippen LogP contribution in [0.2, 0.25) is 0 Å². The Kier molecular flexibility index (Phi) is 7.70. The topological polar surface area (TPSA) is 64.9 Å². The number of thioether (sulfide) groups is 1. The number of carbonyl (C=O) groups is 1. The highest BCUT2D eigenvalue weighted by Crippen LogP contribution is 2.28. The third kappa shape index (κ3) is 7.05. The van der Waals surface area contributed by atoms with E-state index in [0.29, 0.717) is 18.2 Å². The summed E-state index contributed by atoms with van der Waals surface area (Å²) >= 11 is 1.59. The summed E-state index contributed by atoms with van der Waals surface area (Å²) in [6, 6.07) is 9.69. The van der Waals surface area contributed by atoms with Gasteiger partial charge in [-0.05, 0) is 31.4 Å². The molecule has 1 aromatic rings. The maximum absolute atomic E-state index is 11.9. The maximum Gasteiger partial charge on any atom is 0.319 e. The lowest BCUT2D eigenvalue weighted by Gasteiger charge is -2.12. The Morgan fingerprint density at radius 2 is 2.05 bits per heavy atom. The summed E-state index contributed by atoms with van der Waals surface area (Å²) in [6.45, 7) is 6.82. The van der Waals surface area contributed by atoms with E-state index in [1.807, 2.05) is 31.2 Å². The predicted molar refractivity (Wildman–Crippen MR) is 88.4 cm³/mol. The van der Waals surface area contributed by atoms with Crippen molar-refractivity contribution in [1.29, 1.82) is 5.26 Å². The number of rotatable bonds is 7. The van der Waals surface area contributed by atoms with E-state index >= 15 is 0 Å². The van der Waals surface area contributed by atoms with E-state index in [1.165, 1.54) is 0 Å². The average molecular weight is 305 g/mol. The summed E-state index contributed by atoms with van der Waals surface area (Å²) in [5.74, 6) is 1.27. The predicted octanol–water partition coefficient (Wildman–Crippen LogP) is 4.11. The minimum absolute atomic E-state index is 0.0112. The number of benzene rings is 1. The second kappa shape index (κ2) is 9.30. The highest BCUT2D eigenvalue weighted by atomic mass is 32.2. The van der Waals surface area contributed by atoms with Crippen LogP contribution < -0.4 is 10.6 Å². The molecule has 1 unspecified atom stereocenters. The van der Waals surface area contributed by atoms with Crippen molar-refractivity contribution in [2.75, 3.05) is 17.6 Å². The zero-order chi connectivity index (χ0) is 15.7. The monoisotopic (exact) mass is 305 g/mol. The van der Waals surface area contributed by atoms with Crippen LogP contribution in [-0.2, 0) is 0 Å². The van der Waals surface area contributed by atoms with Crippen molar-refractivity contribution in [2.24, 2.45) is 11.8 Å². The molecule has 0 radical (unpaired) electrons. The van der Waals surface area contributed by atoms with Gasteiger partial charge < -0.3 is 10.6 Å². The van der Waals surface area contributed by atoms with Crippen molar-refractivity contribution in [2.45, 2.75) is 32.1 Å². The number of nitriles is 1. The van der Waals surface area contributed by atoms with Gasteiger partial charge in [0, 0.05) is 17.2 Å². The first-order valence-corrected chi connectivity index (χ1v) is 8.17. The fourth-order valence-corrected chi connectivity index (χ4v) is 2.54. The standard InChI is InChI=1S/C16H23N3OS/c1-12(2)8-9-18-16(20)19-14-6-4-5-7-15(14)21-11-13(3)10-17/h4-7,12-13H,8-9,11H2,1-3H3,(H2,18,19,20). The van der Waals surface area contributed by atoms with Crippen molar-refractivity contribution < 1.29 is 4.79 Å². The molecule has 1 aromatic carbocycles. The molecule has 0 fully saturated rings. The lowest BCUT2D eigenvalue weighted by molar-refractivity contribution is 0.251. The second-order valence-electron chi connectivity index (χ2n) is 5.40. The van der Waals surface area contributed by atoms with E-state index in [1.54, 1.807) is 11.8 Å². The number of nitrogens with zero attached hydrogens (tertiary/aromatic N) is 1. The minimum Gasteiger partial charge on any atom is -0.338 e. The molecule has 0 aliphatic heterocycles. The van der Waals surface area contributed by atoms with Crippen LogP contribution in [0.15, 0.2) is 29.2 Å². The summed E-state index contributed by atoms with van der Waals surface area (Å²) in [6.07, 6.45) is 0.962. The quantitative estimate of drug-likeness (QED) is 0.745. The molecule has 0 spiro atoms. The fourth-order valence-electron chi connectivity index (χ4n) is 1.59. The summed E-state index contributed by atoms with van der Waals surface area (Å²) in [4.78, 5) is 12.8. The number of para-hydroxylation sites is 1. The molecular weight excluding hydrogens is 282 g/mol. The zero-order valence-corrected chi connectivity index (χ0v) is 13.7. The Labute approximate surface area is 131 Å². The van der Waals surface area contributed by atoms with Crippen LogP contribution in [0.5, 0.6) is 0 Å². The lowest BCUT2D eigenvalue weighted by Crippen LogP contribution is -2.30. The largest absolute Gasteiger partial charge is 0.338 e. The molecule has 0 aliphatic carbocycles. The SMILES string of the molecule is CC(C)CCNC(=O)Nc1ccccc1SCC(C)C#N. The highest BCUT2D eigenvalue weighted by molar-refractivity contribution is 7.99. The molecule has 114 valence electrons. The van der Waals surface area contributed by atoms with Gasteiger partial charge in [-0.15, -0.1) is 11.8 Å². The summed E-state index contributed by atoms with van der Waals surface area (Å²) in [5.41, 5.74) is 0.787. The number of hydrogen-bond donors (Lipinski definition) is 2. The van der Waals surface area contributed by atoms with Gasteiger partial charge >= 0.3 is 6.03 Å². The van der Waals surface area contributed by atoms with Crippen molar-refractivity contribution >= 4 is 23.5 Å². The molecule has 2 N–H and O–H groups in total. The van der Waals surface area contributed by atoms with Crippen LogP contribution in [0.1, 0.15) is 27.2 Å². The first-order valence-electron chi connectivity index (χ1n) is 7.19. The van der Waals surface area contributed by atoms with E-state index in [2.05, 4.69) is 30.6 Å². The normalized spacial score (nSPS) is 11.8. The highest BCUT2D eigenvalue weighted by Gasteiger charge is 2.08. The first kappa shape index (κ1) is 17.4. The van der Waals surface area contributed by atoms with E-state index < -0.39 is 0 Å². The van der Waals surface area contributed by atoms with Gasteiger partial charge in [-0.3, -0.25) is 0 Å². The summed E-state index contributed by atoms with van der Waals surface area (Å²) in [7, 11) is 0. The molecule has 0 bridgehead atoms. The Balaban J connectivity index is 2.54. The Morgan fingerprint density at radius 1 is 1.33 bits per heavy atom. The van der Waals surface area contributed by atoms with Crippen LogP contribution in [0.25, 0.3) is 0 Å². The number of carbonyl (C=O) groups excluding carboxylic acids is 1. The Morgan fingerprint density at radius 3 is 2.71 bits per heavy atom. The summed E-state index contributed by atoms with van der Waals surface area (Å²) in [5, 5.41) is 14.6. The molecule has 5 heteroatoms. The van der Waals surface area contributed by atoms with Crippen LogP contribution >= 0.6 is 11.8 Å². The van der Waals surface area contributed by atoms with Gasteiger partial charge in [-0.2, -0.15) is 5.26 Å². The van der Waals surface area contributed by atoms with Crippen LogP contribution in [0.3, 0.4) is 0 Å². The van der Waals surface area contributed by atoms with Crippen molar-refractivity contribution in [3.8, 4) is 6.07 Å². The third-order valence-corrected chi connectivity index (χ3v) is 4.19. The molecular formula is C16H23N3OS. The van der Waals surface area contributed by atoms with Crippen LogP contribution in [-0.4, -0.2) is 18.3 Å². The Hall–Kier alpha value is -1.67. The van der Waals surface area contributed by atoms with Gasteiger partial charge in [0.25, 0.3) is 0 Å². The van der Waals surface area contributed by atoms with E-state index in [0.717, 1.165) is 17.0 Å². The molecule has 1 atom stereocenters. The van der Waals surface area contributed by atoms with E-state index in [9.17, 15) is 4.79 Å². The molecule has 0 saturated carbocycles. The molecule has 1 rings (SSSR count). The number of anilines is 1. The smallest absolute Gasteiger partial charge is 0.319 e. The molecule has 21 heavy (non-hydrogen) atoms. The minimum atomic E-state index is -0.183. The van der Waals surface area contributed by atoms with Gasteiger partial charge in [-0.1, -0.05) is 26.0 Å². The number of nitrogens with one attached hydrogen (secondary N) is 2. The van der Waals surface area contributed by atoms with Crippen molar-refractivity contribution in [1.82, 2.24) is 5.32 Å². The first-order chi connectivity index (χ1) is 10.0. The number of urea groups is 1. The molecule has 0 saturated heterocycles. The van der Waals surface area contributed by atoms with Crippen LogP contribution in [0.4, 0.5) is 10.5 Å². The van der Waals surface area contributed by atoms with E-state index in [-0.39, 0.29) is 11.9 Å². The number of hydrogen-bond acceptors (Lipinski definition) is 3. The summed E-state index contributed by atoms with van der Waals surface area (Å²) < 4.78 is 0. The fraction of sp³-hybridized carbons (Fsp3) is 0.500. The van der Waals surface area contributed by atoms with Gasteiger partial charge in [0.05, 0.1) is 17.7 Å². The van der Waals surface area contributed by atoms with Gasteiger partial charge in [0.2, 0.25) is 0 Å². The molecule has 4 nitrogen and oxygen atoms in total. The zero-order valence-electron chi connectivity index (χ0n) is 12.8. The van der Waals surface area contributed by atoms with Gasteiger partial charge in [-0.25, -0.2) is 4.79 Å². The average Bonchev–Trinajstić information content (AvgIpc) is 2.45. The number of amides is 2. The maximum atomic E-state index is 11.9. The third-order valence-electron chi connectivity index (χ3n) is 2.85. The molecule has 0 aromatic heterocycles. The molecule has 2 amide bonds. The van der Waals surface area contributed by atoms with Crippen molar-refractivity contribution in [3.05, 3.63) is 24.3 Å². The lowest BCUT2D eigenvalue weighted by atomic mass is 10.1.